The minimum absolute atomic E-state index is 0.285. The Balaban J connectivity index is 1.48. The first kappa shape index (κ1) is 16.0. The Labute approximate surface area is 162 Å². The van der Waals surface area contributed by atoms with E-state index in [2.05, 4.69) is 24.6 Å². The number of aromatic nitrogens is 5. The molecule has 3 aromatic rings. The maximum absolute atomic E-state index is 4.82. The van der Waals surface area contributed by atoms with Crippen LogP contribution in [0.2, 0.25) is 0 Å². The van der Waals surface area contributed by atoms with Crippen molar-refractivity contribution in [2.45, 2.75) is 70.4 Å². The summed E-state index contributed by atoms with van der Waals surface area (Å²) >= 11 is 1.88. The number of hydrogen-bond donors (Lipinski definition) is 0. The summed E-state index contributed by atoms with van der Waals surface area (Å²) in [6.07, 6.45) is 12.5. The highest BCUT2D eigenvalue weighted by Gasteiger charge is 2.33. The van der Waals surface area contributed by atoms with Gasteiger partial charge in [0.25, 0.3) is 0 Å². The molecule has 6 nitrogen and oxygen atoms in total. The van der Waals surface area contributed by atoms with E-state index in [1.807, 2.05) is 11.3 Å². The van der Waals surface area contributed by atoms with Gasteiger partial charge in [0.05, 0.1) is 11.4 Å². The lowest BCUT2D eigenvalue weighted by molar-refractivity contribution is 0.421. The molecule has 2 aliphatic heterocycles. The third kappa shape index (κ3) is 2.43. The van der Waals surface area contributed by atoms with Gasteiger partial charge in [-0.05, 0) is 56.9 Å². The number of nitrogens with zero attached hydrogens (tertiary/aromatic N) is 6. The zero-order valence-electron chi connectivity index (χ0n) is 15.5. The van der Waals surface area contributed by atoms with Crippen LogP contribution in [0.15, 0.2) is 6.33 Å². The van der Waals surface area contributed by atoms with Gasteiger partial charge in [-0.2, -0.15) is 0 Å². The number of aryl methyl sites for hydroxylation is 3. The Kier molecular flexibility index (Phi) is 3.70. The molecule has 1 unspecified atom stereocenters. The van der Waals surface area contributed by atoms with Gasteiger partial charge in [0.2, 0.25) is 0 Å². The third-order valence-electron chi connectivity index (χ3n) is 6.44. The fourth-order valence-electron chi connectivity index (χ4n) is 5.16. The zero-order valence-corrected chi connectivity index (χ0v) is 16.3. The van der Waals surface area contributed by atoms with E-state index in [0.29, 0.717) is 0 Å². The summed E-state index contributed by atoms with van der Waals surface area (Å²) in [6.45, 7) is 2.11. The van der Waals surface area contributed by atoms with Crippen LogP contribution in [0, 0.1) is 0 Å². The molecule has 0 N–H and O–H groups in total. The van der Waals surface area contributed by atoms with Gasteiger partial charge in [0.1, 0.15) is 22.8 Å². The van der Waals surface area contributed by atoms with E-state index in [0.717, 1.165) is 42.4 Å². The van der Waals surface area contributed by atoms with Crippen LogP contribution in [-0.4, -0.2) is 31.3 Å². The summed E-state index contributed by atoms with van der Waals surface area (Å²) in [6, 6.07) is 0.285. The molecular weight excluding hydrogens is 356 g/mol. The predicted octanol–water partition coefficient (Wildman–Crippen LogP) is 3.84. The molecule has 3 aromatic heterocycles. The van der Waals surface area contributed by atoms with E-state index < -0.39 is 0 Å². The molecule has 1 aliphatic carbocycles. The SMILES string of the molecule is c1nc(N2CCCCC2c2nnc3n2CCCC3)c2c3c(sc2n1)CCC3. The lowest BCUT2D eigenvalue weighted by Crippen LogP contribution is -2.36. The summed E-state index contributed by atoms with van der Waals surface area (Å²) in [5.74, 6) is 3.46. The molecule has 1 fully saturated rings. The minimum atomic E-state index is 0.285. The molecule has 0 amide bonds. The highest BCUT2D eigenvalue weighted by Crippen LogP contribution is 2.43. The average Bonchev–Trinajstić information content (AvgIpc) is 3.41. The van der Waals surface area contributed by atoms with E-state index in [1.165, 1.54) is 66.6 Å². The van der Waals surface area contributed by atoms with E-state index in [-0.39, 0.29) is 6.04 Å². The van der Waals surface area contributed by atoms with Gasteiger partial charge >= 0.3 is 0 Å². The number of anilines is 1. The van der Waals surface area contributed by atoms with Crippen molar-refractivity contribution in [1.29, 1.82) is 0 Å². The molecule has 5 heterocycles. The van der Waals surface area contributed by atoms with Crippen molar-refractivity contribution < 1.29 is 0 Å². The number of rotatable bonds is 2. The van der Waals surface area contributed by atoms with Crippen LogP contribution in [0.1, 0.15) is 66.7 Å². The summed E-state index contributed by atoms with van der Waals surface area (Å²) in [5.41, 5.74) is 1.51. The van der Waals surface area contributed by atoms with Gasteiger partial charge < -0.3 is 9.47 Å². The van der Waals surface area contributed by atoms with Crippen molar-refractivity contribution in [3.63, 3.8) is 0 Å². The van der Waals surface area contributed by atoms with Crippen LogP contribution in [0.4, 0.5) is 5.82 Å². The minimum Gasteiger partial charge on any atom is -0.346 e. The molecule has 140 valence electrons. The first-order chi connectivity index (χ1) is 13.4. The van der Waals surface area contributed by atoms with Crippen LogP contribution in [-0.2, 0) is 25.8 Å². The standard InChI is InChI=1S/C20H24N6S/c1-3-10-25(14(7-1)18-24-23-16-9-2-4-11-26(16)18)19-17-13-6-5-8-15(13)27-20(17)22-12-21-19/h12,14H,1-11H2. The Hall–Kier alpha value is -2.02. The molecule has 6 rings (SSSR count). The highest BCUT2D eigenvalue weighted by atomic mass is 32.1. The summed E-state index contributed by atoms with van der Waals surface area (Å²) in [7, 11) is 0. The monoisotopic (exact) mass is 380 g/mol. The van der Waals surface area contributed by atoms with Crippen molar-refractivity contribution in [2.24, 2.45) is 0 Å². The maximum Gasteiger partial charge on any atom is 0.155 e. The number of hydrogen-bond acceptors (Lipinski definition) is 6. The van der Waals surface area contributed by atoms with Crippen LogP contribution < -0.4 is 4.90 Å². The van der Waals surface area contributed by atoms with Crippen LogP contribution in [0.5, 0.6) is 0 Å². The quantitative estimate of drug-likeness (QED) is 0.676. The van der Waals surface area contributed by atoms with E-state index >= 15 is 0 Å². The average molecular weight is 381 g/mol. The lowest BCUT2D eigenvalue weighted by Gasteiger charge is -2.36. The Bertz CT molecular complexity index is 1010. The Morgan fingerprint density at radius 2 is 1.89 bits per heavy atom. The van der Waals surface area contributed by atoms with E-state index in [9.17, 15) is 0 Å². The summed E-state index contributed by atoms with van der Waals surface area (Å²) in [4.78, 5) is 14.6. The number of thiophene rings is 1. The molecule has 0 aromatic carbocycles. The second-order valence-corrected chi connectivity index (χ2v) is 9.11. The largest absolute Gasteiger partial charge is 0.346 e. The van der Waals surface area contributed by atoms with Gasteiger partial charge in [-0.15, -0.1) is 21.5 Å². The normalized spacial score (nSPS) is 22.2. The second-order valence-electron chi connectivity index (χ2n) is 8.02. The molecule has 7 heteroatoms. The molecule has 1 atom stereocenters. The van der Waals surface area contributed by atoms with Gasteiger partial charge in [0.15, 0.2) is 5.82 Å². The van der Waals surface area contributed by atoms with Gasteiger partial charge in [0, 0.05) is 24.4 Å². The van der Waals surface area contributed by atoms with Gasteiger partial charge in [-0.3, -0.25) is 0 Å². The van der Waals surface area contributed by atoms with Crippen molar-refractivity contribution in [1.82, 2.24) is 24.7 Å². The fraction of sp³-hybridized carbons (Fsp3) is 0.600. The molecule has 0 spiro atoms. The third-order valence-corrected chi connectivity index (χ3v) is 7.64. The molecule has 3 aliphatic rings. The first-order valence-corrected chi connectivity index (χ1v) is 11.2. The smallest absolute Gasteiger partial charge is 0.155 e. The van der Waals surface area contributed by atoms with Crippen molar-refractivity contribution in [3.05, 3.63) is 28.4 Å². The Morgan fingerprint density at radius 3 is 2.89 bits per heavy atom. The lowest BCUT2D eigenvalue weighted by atomic mass is 10.00. The van der Waals surface area contributed by atoms with Crippen molar-refractivity contribution in [2.75, 3.05) is 11.4 Å². The van der Waals surface area contributed by atoms with Crippen LogP contribution in [0.3, 0.4) is 0 Å². The number of piperidine rings is 1. The van der Waals surface area contributed by atoms with Gasteiger partial charge in [-0.1, -0.05) is 0 Å². The summed E-state index contributed by atoms with van der Waals surface area (Å²) < 4.78 is 2.39. The summed E-state index contributed by atoms with van der Waals surface area (Å²) in [5, 5.41) is 10.5. The maximum atomic E-state index is 4.82. The molecule has 0 bridgehead atoms. The second kappa shape index (κ2) is 6.26. The zero-order chi connectivity index (χ0) is 17.8. The highest BCUT2D eigenvalue weighted by molar-refractivity contribution is 7.19. The fourth-order valence-corrected chi connectivity index (χ4v) is 6.38. The molecule has 0 saturated carbocycles. The van der Waals surface area contributed by atoms with Crippen molar-refractivity contribution >= 4 is 27.4 Å². The van der Waals surface area contributed by atoms with Crippen LogP contribution in [0.25, 0.3) is 10.2 Å². The van der Waals surface area contributed by atoms with E-state index in [1.54, 1.807) is 6.33 Å². The number of fused-ring (bicyclic) bond motifs is 4. The topological polar surface area (TPSA) is 59.7 Å². The molecular formula is C20H24N6S. The van der Waals surface area contributed by atoms with Crippen molar-refractivity contribution in [3.8, 4) is 0 Å². The molecule has 0 radical (unpaired) electrons. The Morgan fingerprint density at radius 1 is 0.926 bits per heavy atom. The van der Waals surface area contributed by atoms with Crippen LogP contribution >= 0.6 is 11.3 Å². The van der Waals surface area contributed by atoms with Gasteiger partial charge in [-0.25, -0.2) is 9.97 Å². The molecule has 27 heavy (non-hydrogen) atoms. The van der Waals surface area contributed by atoms with E-state index in [4.69, 9.17) is 4.98 Å². The first-order valence-electron chi connectivity index (χ1n) is 10.3. The predicted molar refractivity (Wildman–Crippen MR) is 106 cm³/mol. The molecule has 1 saturated heterocycles.